The van der Waals surface area contributed by atoms with Crippen molar-refractivity contribution in [2.45, 2.75) is 37.3 Å². The number of aliphatic hydroxyl groups is 3. The van der Waals surface area contributed by atoms with Crippen LogP contribution in [0, 0.1) is 132 Å². The minimum Gasteiger partial charge on any atom is -0.478 e. The molecule has 5 N–H and O–H groups in total. The average Bonchev–Trinajstić information content (AvgIpc) is 2.57. The monoisotopic (exact) mass is 1020 g/mol. The summed E-state index contributed by atoms with van der Waals surface area (Å²) in [7, 11) is 1.17. The minimum atomic E-state index is -1.55. The molecule has 0 aromatic rings. The maximum absolute atomic E-state index is 11.8. The number of esters is 1. The molecule has 4 unspecified atom stereocenters. The van der Waals surface area contributed by atoms with Crippen LogP contribution >= 0.6 is 0 Å². The zero-order valence-electron chi connectivity index (χ0n) is 15.2. The number of carbonyl (C=O) groups is 1. The molecule has 0 saturated carbocycles. The van der Waals surface area contributed by atoms with Gasteiger partial charge in [-0.2, -0.15) is 0 Å². The molecular formula is C15H22Ac3N2O7. The SMILES string of the molecule is C=C(C)NC1C=C(C(=O)OC)O[C@@H](C(O)C(O)CO)C1NC=C=O.[Ac].[Ac].[Ac]. The van der Waals surface area contributed by atoms with Gasteiger partial charge in [-0.25, -0.2) is 9.59 Å². The number of allylic oxidation sites excluding steroid dienone is 1. The van der Waals surface area contributed by atoms with E-state index in [9.17, 15) is 19.8 Å². The van der Waals surface area contributed by atoms with Crippen molar-refractivity contribution in [3.63, 3.8) is 0 Å². The molecule has 0 fully saturated rings. The van der Waals surface area contributed by atoms with Gasteiger partial charge in [0.1, 0.15) is 24.3 Å². The number of nitrogens with one attached hydrogen (secondary N) is 2. The Morgan fingerprint density at radius 1 is 1.44 bits per heavy atom. The van der Waals surface area contributed by atoms with Crippen LogP contribution in [-0.4, -0.2) is 71.3 Å². The van der Waals surface area contributed by atoms with Crippen LogP contribution in [0.5, 0.6) is 0 Å². The van der Waals surface area contributed by atoms with Crippen molar-refractivity contribution in [2.24, 2.45) is 0 Å². The molecule has 1 rings (SSSR count). The topological polar surface area (TPSA) is 137 Å². The summed E-state index contributed by atoms with van der Waals surface area (Å²) >= 11 is 0. The van der Waals surface area contributed by atoms with Crippen molar-refractivity contribution in [1.82, 2.24) is 10.6 Å². The number of rotatable bonds is 8. The van der Waals surface area contributed by atoms with E-state index in [4.69, 9.17) is 9.84 Å². The molecule has 5 atom stereocenters. The van der Waals surface area contributed by atoms with Crippen molar-refractivity contribution >= 4 is 11.9 Å². The predicted molar refractivity (Wildman–Crippen MR) is 83.0 cm³/mol. The molecule has 9 nitrogen and oxygen atoms in total. The second-order valence-corrected chi connectivity index (χ2v) is 5.25. The molecule has 143 valence electrons. The summed E-state index contributed by atoms with van der Waals surface area (Å²) in [5.74, 6) is 0.583. The van der Waals surface area contributed by atoms with E-state index < -0.39 is 43.0 Å². The molecule has 12 heteroatoms. The van der Waals surface area contributed by atoms with E-state index in [2.05, 4.69) is 21.9 Å². The Kier molecular flexibility index (Phi) is 22.0. The van der Waals surface area contributed by atoms with Crippen LogP contribution in [0.25, 0.3) is 0 Å². The minimum absolute atomic E-state index is 0. The summed E-state index contributed by atoms with van der Waals surface area (Å²) in [6.45, 7) is 4.68. The summed E-state index contributed by atoms with van der Waals surface area (Å²) in [5, 5.41) is 34.6. The molecule has 1 aliphatic heterocycles. The molecule has 27 heavy (non-hydrogen) atoms. The predicted octanol–water partition coefficient (Wildman–Crippen LogP) is -2.05. The van der Waals surface area contributed by atoms with Gasteiger partial charge in [0.15, 0.2) is 0 Å². The molecule has 0 aromatic carbocycles. The molecule has 3 radical (unpaired) electrons. The Labute approximate surface area is 265 Å². The molecular weight excluding hydrogens is 1000 g/mol. The van der Waals surface area contributed by atoms with Gasteiger partial charge in [0, 0.05) is 138 Å². The Balaban J connectivity index is -0.00000192. The van der Waals surface area contributed by atoms with Gasteiger partial charge < -0.3 is 35.4 Å². The molecule has 0 amide bonds. The fraction of sp³-hybridized carbons (Fsp3) is 0.533. The van der Waals surface area contributed by atoms with Crippen LogP contribution in [0.3, 0.4) is 0 Å². The zero-order valence-corrected chi connectivity index (χ0v) is 29.4. The molecule has 0 aliphatic carbocycles. The third-order valence-corrected chi connectivity index (χ3v) is 3.39. The third-order valence-electron chi connectivity index (χ3n) is 3.39. The fourth-order valence-corrected chi connectivity index (χ4v) is 2.30. The van der Waals surface area contributed by atoms with Gasteiger partial charge in [0.25, 0.3) is 0 Å². The normalized spacial score (nSPS) is 22.4. The van der Waals surface area contributed by atoms with Gasteiger partial charge in [-0.1, -0.05) is 6.58 Å². The Hall–Kier alpha value is 2.00. The molecule has 0 aromatic heterocycles. The van der Waals surface area contributed by atoms with Crippen LogP contribution in [0.15, 0.2) is 30.3 Å². The van der Waals surface area contributed by atoms with Crippen LogP contribution in [-0.2, 0) is 19.1 Å². The fourth-order valence-electron chi connectivity index (χ4n) is 2.30. The van der Waals surface area contributed by atoms with E-state index >= 15 is 0 Å². The summed E-state index contributed by atoms with van der Waals surface area (Å²) < 4.78 is 10.0. The number of hydrogen-bond acceptors (Lipinski definition) is 9. The van der Waals surface area contributed by atoms with E-state index in [0.29, 0.717) is 5.70 Å². The molecule has 0 saturated heterocycles. The van der Waals surface area contributed by atoms with E-state index in [1.54, 1.807) is 6.92 Å². The van der Waals surface area contributed by atoms with Gasteiger partial charge in [-0.15, -0.1) is 0 Å². The van der Waals surface area contributed by atoms with E-state index in [-0.39, 0.29) is 138 Å². The first-order valence-electron chi connectivity index (χ1n) is 7.16. The van der Waals surface area contributed by atoms with Crippen LogP contribution in [0.4, 0.5) is 0 Å². The van der Waals surface area contributed by atoms with Crippen LogP contribution < -0.4 is 10.6 Å². The first-order valence-corrected chi connectivity index (χ1v) is 7.16. The molecule has 1 heterocycles. The summed E-state index contributed by atoms with van der Waals surface area (Å²) in [4.78, 5) is 22.3. The Morgan fingerprint density at radius 2 is 2.04 bits per heavy atom. The van der Waals surface area contributed by atoms with Gasteiger partial charge >= 0.3 is 5.97 Å². The Bertz CT molecular complexity index is 556. The molecule has 0 spiro atoms. The first-order chi connectivity index (χ1) is 11.3. The molecule has 0 bridgehead atoms. The summed E-state index contributed by atoms with van der Waals surface area (Å²) in [6, 6.07) is -1.40. The third kappa shape index (κ3) is 10.7. The van der Waals surface area contributed by atoms with E-state index in [0.717, 1.165) is 6.20 Å². The zero-order chi connectivity index (χ0) is 18.3. The van der Waals surface area contributed by atoms with Gasteiger partial charge in [-0.3, -0.25) is 0 Å². The van der Waals surface area contributed by atoms with Crippen molar-refractivity contribution in [3.05, 3.63) is 30.3 Å². The van der Waals surface area contributed by atoms with E-state index in [1.807, 2.05) is 0 Å². The average molecular weight is 1020 g/mol. The molecule has 1 aliphatic rings. The van der Waals surface area contributed by atoms with Crippen LogP contribution in [0.2, 0.25) is 0 Å². The first kappa shape index (κ1) is 33.6. The van der Waals surface area contributed by atoms with Crippen molar-refractivity contribution in [3.8, 4) is 0 Å². The van der Waals surface area contributed by atoms with Gasteiger partial charge in [0.2, 0.25) is 5.76 Å². The number of methoxy groups -OCH3 is 1. The quantitative estimate of drug-likeness (QED) is 0.138. The second-order valence-electron chi connectivity index (χ2n) is 5.25. The number of aliphatic hydroxyl groups excluding tert-OH is 3. The number of carbonyl (C=O) groups excluding carboxylic acids is 2. The number of ether oxygens (including phenoxy) is 2. The van der Waals surface area contributed by atoms with Gasteiger partial charge in [0.05, 0.1) is 32.0 Å². The summed E-state index contributed by atoms with van der Waals surface area (Å²) in [6.07, 6.45) is -1.85. The summed E-state index contributed by atoms with van der Waals surface area (Å²) in [5.41, 5.74) is 0.556. The van der Waals surface area contributed by atoms with Crippen molar-refractivity contribution < 1.29 is 167 Å². The Morgan fingerprint density at radius 3 is 2.48 bits per heavy atom. The van der Waals surface area contributed by atoms with Crippen LogP contribution in [0.1, 0.15) is 6.92 Å². The number of hydrogen-bond donors (Lipinski definition) is 5. The maximum Gasteiger partial charge on any atom is 0.373 e. The largest absolute Gasteiger partial charge is 0.478 e. The maximum atomic E-state index is 11.8. The van der Waals surface area contributed by atoms with E-state index in [1.165, 1.54) is 19.1 Å². The van der Waals surface area contributed by atoms with Crippen molar-refractivity contribution in [1.29, 1.82) is 0 Å². The van der Waals surface area contributed by atoms with Gasteiger partial charge in [-0.05, 0) is 13.0 Å². The standard InChI is InChI=1S/C15H22N2O7.3Ac/c1-8(2)17-9-6-11(15(22)23-3)24-14(12(9)16-4-5-18)13(21)10(20)7-19;;;/h4,6,9-10,12-14,16-17,19-21H,1,7H2,2-3H3;;;/t9?,10?,12?,13?,14-;;;/m1.../s1. The smallest absolute Gasteiger partial charge is 0.373 e. The van der Waals surface area contributed by atoms with Crippen molar-refractivity contribution in [2.75, 3.05) is 13.7 Å². The second kappa shape index (κ2) is 17.7.